The lowest BCUT2D eigenvalue weighted by Crippen LogP contribution is -2.20. The van der Waals surface area contributed by atoms with Gasteiger partial charge in [0.15, 0.2) is 0 Å². The average Bonchev–Trinajstić information content (AvgIpc) is 2.06. The SMILES string of the molecule is Cc1cc(I)ccc1NC(=O)CC(C)(C)C. The van der Waals surface area contributed by atoms with E-state index in [4.69, 9.17) is 0 Å². The summed E-state index contributed by atoms with van der Waals surface area (Å²) < 4.78 is 1.18. The third-order valence-electron chi connectivity index (χ3n) is 2.15. The highest BCUT2D eigenvalue weighted by atomic mass is 127. The molecule has 0 unspecified atom stereocenters. The molecular weight excluding hydrogens is 313 g/mol. The van der Waals surface area contributed by atoms with Crippen LogP contribution < -0.4 is 5.32 Å². The first kappa shape index (κ1) is 13.5. The average molecular weight is 331 g/mol. The Bertz CT molecular complexity index is 393. The van der Waals surface area contributed by atoms with Crippen LogP contribution in [-0.4, -0.2) is 5.91 Å². The molecule has 0 radical (unpaired) electrons. The van der Waals surface area contributed by atoms with E-state index in [0.29, 0.717) is 6.42 Å². The van der Waals surface area contributed by atoms with E-state index in [2.05, 4.69) is 54.7 Å². The molecule has 0 saturated carbocycles. The van der Waals surface area contributed by atoms with Gasteiger partial charge in [0.25, 0.3) is 0 Å². The van der Waals surface area contributed by atoms with Crippen molar-refractivity contribution < 1.29 is 4.79 Å². The summed E-state index contributed by atoms with van der Waals surface area (Å²) in [5.74, 6) is 0.0804. The summed E-state index contributed by atoms with van der Waals surface area (Å²) in [6, 6.07) is 6.02. The van der Waals surface area contributed by atoms with Crippen molar-refractivity contribution >= 4 is 34.2 Å². The lowest BCUT2D eigenvalue weighted by atomic mass is 9.92. The third kappa shape index (κ3) is 4.51. The van der Waals surface area contributed by atoms with E-state index in [0.717, 1.165) is 11.3 Å². The first-order chi connectivity index (χ1) is 7.28. The van der Waals surface area contributed by atoms with Crippen LogP contribution in [0, 0.1) is 15.9 Å². The molecule has 1 aromatic carbocycles. The van der Waals surface area contributed by atoms with E-state index < -0.39 is 0 Å². The van der Waals surface area contributed by atoms with Crippen LogP contribution >= 0.6 is 22.6 Å². The molecule has 0 heterocycles. The number of halogens is 1. The number of carbonyl (C=O) groups excluding carboxylic acids is 1. The molecule has 0 saturated heterocycles. The maximum absolute atomic E-state index is 11.8. The highest BCUT2D eigenvalue weighted by molar-refractivity contribution is 14.1. The maximum atomic E-state index is 11.8. The predicted octanol–water partition coefficient (Wildman–Crippen LogP) is 3.97. The Hall–Kier alpha value is -0.580. The first-order valence-electron chi connectivity index (χ1n) is 5.34. The van der Waals surface area contributed by atoms with Crippen LogP contribution in [0.4, 0.5) is 5.69 Å². The van der Waals surface area contributed by atoms with Gasteiger partial charge in [-0.05, 0) is 58.7 Å². The fraction of sp³-hybridized carbons (Fsp3) is 0.462. The summed E-state index contributed by atoms with van der Waals surface area (Å²) in [6.07, 6.45) is 0.540. The molecule has 88 valence electrons. The van der Waals surface area contributed by atoms with Gasteiger partial charge in [-0.3, -0.25) is 4.79 Å². The Kier molecular flexibility index (Phi) is 4.35. The van der Waals surface area contributed by atoms with Gasteiger partial charge in [0.2, 0.25) is 5.91 Å². The smallest absolute Gasteiger partial charge is 0.224 e. The molecule has 0 aromatic heterocycles. The maximum Gasteiger partial charge on any atom is 0.224 e. The van der Waals surface area contributed by atoms with Crippen molar-refractivity contribution in [3.8, 4) is 0 Å². The summed E-state index contributed by atoms with van der Waals surface area (Å²) in [6.45, 7) is 8.20. The van der Waals surface area contributed by atoms with Gasteiger partial charge >= 0.3 is 0 Å². The number of rotatable bonds is 2. The van der Waals surface area contributed by atoms with Gasteiger partial charge < -0.3 is 5.32 Å². The molecule has 1 amide bonds. The molecule has 0 spiro atoms. The lowest BCUT2D eigenvalue weighted by Gasteiger charge is -2.18. The lowest BCUT2D eigenvalue weighted by molar-refractivity contribution is -0.117. The predicted molar refractivity (Wildman–Crippen MR) is 76.6 cm³/mol. The number of aryl methyl sites for hydroxylation is 1. The van der Waals surface area contributed by atoms with E-state index >= 15 is 0 Å². The van der Waals surface area contributed by atoms with Gasteiger partial charge in [-0.1, -0.05) is 20.8 Å². The monoisotopic (exact) mass is 331 g/mol. The van der Waals surface area contributed by atoms with Crippen LogP contribution in [0.2, 0.25) is 0 Å². The molecule has 1 rings (SSSR count). The van der Waals surface area contributed by atoms with Gasteiger partial charge in [-0.25, -0.2) is 0 Å². The molecule has 0 fully saturated rings. The van der Waals surface area contributed by atoms with Crippen molar-refractivity contribution in [1.82, 2.24) is 0 Å². The molecule has 0 aliphatic carbocycles. The summed E-state index contributed by atoms with van der Waals surface area (Å²) in [4.78, 5) is 11.8. The fourth-order valence-electron chi connectivity index (χ4n) is 1.44. The second-order valence-corrected chi connectivity index (χ2v) is 6.49. The van der Waals surface area contributed by atoms with Crippen molar-refractivity contribution in [1.29, 1.82) is 0 Å². The van der Waals surface area contributed by atoms with Crippen LogP contribution in [0.25, 0.3) is 0 Å². The van der Waals surface area contributed by atoms with Crippen LogP contribution in [0.1, 0.15) is 32.8 Å². The molecule has 0 aliphatic rings. The molecule has 1 aromatic rings. The van der Waals surface area contributed by atoms with Gasteiger partial charge in [0, 0.05) is 15.7 Å². The topological polar surface area (TPSA) is 29.1 Å². The zero-order valence-corrected chi connectivity index (χ0v) is 12.4. The first-order valence-corrected chi connectivity index (χ1v) is 6.42. The van der Waals surface area contributed by atoms with Gasteiger partial charge in [-0.2, -0.15) is 0 Å². The van der Waals surface area contributed by atoms with Crippen LogP contribution in [0.3, 0.4) is 0 Å². The molecule has 0 bridgehead atoms. The third-order valence-corrected chi connectivity index (χ3v) is 2.82. The Morgan fingerprint density at radius 1 is 1.38 bits per heavy atom. The van der Waals surface area contributed by atoms with Crippen LogP contribution in [-0.2, 0) is 4.79 Å². The number of hydrogen-bond acceptors (Lipinski definition) is 1. The molecule has 2 nitrogen and oxygen atoms in total. The standard InChI is InChI=1S/C13H18INO/c1-9-7-10(14)5-6-11(9)15-12(16)8-13(2,3)4/h5-7H,8H2,1-4H3,(H,15,16). The molecular formula is C13H18INO. The highest BCUT2D eigenvalue weighted by Gasteiger charge is 2.16. The van der Waals surface area contributed by atoms with Crippen molar-refractivity contribution in [2.75, 3.05) is 5.32 Å². The number of hydrogen-bond donors (Lipinski definition) is 1. The van der Waals surface area contributed by atoms with E-state index in [-0.39, 0.29) is 11.3 Å². The molecule has 0 atom stereocenters. The largest absolute Gasteiger partial charge is 0.326 e. The van der Waals surface area contributed by atoms with E-state index in [9.17, 15) is 4.79 Å². The van der Waals surface area contributed by atoms with Gasteiger partial charge in [0.1, 0.15) is 0 Å². The second kappa shape index (κ2) is 5.17. The van der Waals surface area contributed by atoms with Crippen molar-refractivity contribution in [2.45, 2.75) is 34.1 Å². The van der Waals surface area contributed by atoms with E-state index in [1.807, 2.05) is 19.1 Å². The van der Waals surface area contributed by atoms with Crippen molar-refractivity contribution in [3.05, 3.63) is 27.3 Å². The highest BCUT2D eigenvalue weighted by Crippen LogP contribution is 2.21. The summed E-state index contributed by atoms with van der Waals surface area (Å²) in [5, 5.41) is 2.95. The minimum Gasteiger partial charge on any atom is -0.326 e. The van der Waals surface area contributed by atoms with Crippen LogP contribution in [0.15, 0.2) is 18.2 Å². The number of nitrogens with one attached hydrogen (secondary N) is 1. The normalized spacial score (nSPS) is 11.3. The number of amides is 1. The fourth-order valence-corrected chi connectivity index (χ4v) is 2.09. The number of carbonyl (C=O) groups is 1. The minimum atomic E-state index is 0.0290. The number of benzene rings is 1. The Morgan fingerprint density at radius 2 is 2.00 bits per heavy atom. The molecule has 1 N–H and O–H groups in total. The summed E-state index contributed by atoms with van der Waals surface area (Å²) in [5.41, 5.74) is 2.05. The number of anilines is 1. The van der Waals surface area contributed by atoms with Gasteiger partial charge in [-0.15, -0.1) is 0 Å². The van der Waals surface area contributed by atoms with Crippen molar-refractivity contribution in [3.63, 3.8) is 0 Å². The Labute approximate surface area is 111 Å². The molecule has 3 heteroatoms. The molecule has 16 heavy (non-hydrogen) atoms. The van der Waals surface area contributed by atoms with E-state index in [1.54, 1.807) is 0 Å². The zero-order chi connectivity index (χ0) is 12.3. The minimum absolute atomic E-state index is 0.0290. The Morgan fingerprint density at radius 3 is 2.50 bits per heavy atom. The van der Waals surface area contributed by atoms with E-state index in [1.165, 1.54) is 3.57 Å². The van der Waals surface area contributed by atoms with Crippen LogP contribution in [0.5, 0.6) is 0 Å². The summed E-state index contributed by atoms with van der Waals surface area (Å²) >= 11 is 2.27. The zero-order valence-electron chi connectivity index (χ0n) is 10.2. The quantitative estimate of drug-likeness (QED) is 0.816. The summed E-state index contributed by atoms with van der Waals surface area (Å²) in [7, 11) is 0. The Balaban J connectivity index is 2.70. The van der Waals surface area contributed by atoms with Crippen molar-refractivity contribution in [2.24, 2.45) is 5.41 Å². The second-order valence-electron chi connectivity index (χ2n) is 5.24. The van der Waals surface area contributed by atoms with Gasteiger partial charge in [0.05, 0.1) is 0 Å². The molecule has 0 aliphatic heterocycles.